The zero-order valence-electron chi connectivity index (χ0n) is 10.1. The standard InChI is InChI=1S/C14H13ClN2O2/c15-12-6-2-1-5-11(12)13(14(18)19)17-9-10-4-3-7-16-8-10/h1-8,13,17H,9H2,(H,18,19). The molecule has 2 aromatic rings. The molecule has 0 aliphatic carbocycles. The summed E-state index contributed by atoms with van der Waals surface area (Å²) in [6.45, 7) is 0.413. The lowest BCUT2D eigenvalue weighted by Gasteiger charge is -2.16. The lowest BCUT2D eigenvalue weighted by Crippen LogP contribution is -2.28. The van der Waals surface area contributed by atoms with Crippen molar-refractivity contribution in [2.75, 3.05) is 0 Å². The molecule has 0 bridgehead atoms. The van der Waals surface area contributed by atoms with Gasteiger partial charge in [-0.3, -0.25) is 15.1 Å². The van der Waals surface area contributed by atoms with Gasteiger partial charge in [0.05, 0.1) is 0 Å². The van der Waals surface area contributed by atoms with Crippen LogP contribution in [0.3, 0.4) is 0 Å². The van der Waals surface area contributed by atoms with E-state index in [0.717, 1.165) is 5.56 Å². The number of aliphatic carboxylic acids is 1. The molecule has 0 saturated heterocycles. The Balaban J connectivity index is 2.14. The molecule has 0 radical (unpaired) electrons. The van der Waals surface area contributed by atoms with Crippen molar-refractivity contribution < 1.29 is 9.90 Å². The van der Waals surface area contributed by atoms with E-state index in [4.69, 9.17) is 11.6 Å². The van der Waals surface area contributed by atoms with Crippen molar-refractivity contribution in [3.63, 3.8) is 0 Å². The van der Waals surface area contributed by atoms with Gasteiger partial charge in [-0.05, 0) is 23.3 Å². The molecule has 98 valence electrons. The average Bonchev–Trinajstić information content (AvgIpc) is 2.42. The number of aromatic nitrogens is 1. The fourth-order valence-electron chi connectivity index (χ4n) is 1.76. The summed E-state index contributed by atoms with van der Waals surface area (Å²) in [6.07, 6.45) is 3.37. The molecule has 1 heterocycles. The number of hydrogen-bond acceptors (Lipinski definition) is 3. The van der Waals surface area contributed by atoms with Gasteiger partial charge in [0.2, 0.25) is 0 Å². The Morgan fingerprint density at radius 2 is 2.11 bits per heavy atom. The van der Waals surface area contributed by atoms with Crippen LogP contribution in [0.15, 0.2) is 48.8 Å². The van der Waals surface area contributed by atoms with E-state index in [0.29, 0.717) is 17.1 Å². The molecule has 0 aliphatic rings. The van der Waals surface area contributed by atoms with E-state index in [2.05, 4.69) is 10.3 Å². The molecule has 4 nitrogen and oxygen atoms in total. The second-order valence-corrected chi connectivity index (χ2v) is 4.44. The third-order valence-electron chi connectivity index (χ3n) is 2.70. The highest BCUT2D eigenvalue weighted by Crippen LogP contribution is 2.23. The fourth-order valence-corrected chi connectivity index (χ4v) is 2.01. The van der Waals surface area contributed by atoms with Crippen LogP contribution in [-0.2, 0) is 11.3 Å². The van der Waals surface area contributed by atoms with Crippen molar-refractivity contribution >= 4 is 17.6 Å². The summed E-state index contributed by atoms with van der Waals surface area (Å²) in [6, 6.07) is 9.77. The molecule has 5 heteroatoms. The number of nitrogens with zero attached hydrogens (tertiary/aromatic N) is 1. The monoisotopic (exact) mass is 276 g/mol. The SMILES string of the molecule is O=C(O)C(NCc1cccnc1)c1ccccc1Cl. The number of nitrogens with one attached hydrogen (secondary N) is 1. The molecule has 0 spiro atoms. The summed E-state index contributed by atoms with van der Waals surface area (Å²) in [5, 5.41) is 12.7. The van der Waals surface area contributed by atoms with Crippen LogP contribution in [-0.4, -0.2) is 16.1 Å². The van der Waals surface area contributed by atoms with E-state index < -0.39 is 12.0 Å². The topological polar surface area (TPSA) is 62.2 Å². The van der Waals surface area contributed by atoms with Gasteiger partial charge in [-0.15, -0.1) is 0 Å². The highest BCUT2D eigenvalue weighted by Gasteiger charge is 2.21. The molecule has 0 saturated carbocycles. The largest absolute Gasteiger partial charge is 0.480 e. The number of carboxylic acid groups (broad SMARTS) is 1. The maximum Gasteiger partial charge on any atom is 0.325 e. The molecule has 1 atom stereocenters. The number of pyridine rings is 1. The first-order chi connectivity index (χ1) is 9.18. The first-order valence-corrected chi connectivity index (χ1v) is 6.16. The van der Waals surface area contributed by atoms with Crippen LogP contribution in [0.5, 0.6) is 0 Å². The van der Waals surface area contributed by atoms with Crippen LogP contribution in [0, 0.1) is 0 Å². The zero-order valence-corrected chi connectivity index (χ0v) is 10.8. The normalized spacial score (nSPS) is 12.1. The molecule has 1 aromatic heterocycles. The summed E-state index contributed by atoms with van der Waals surface area (Å²) >= 11 is 6.03. The van der Waals surface area contributed by atoms with Crippen LogP contribution in [0.4, 0.5) is 0 Å². The van der Waals surface area contributed by atoms with Gasteiger partial charge >= 0.3 is 5.97 Å². The van der Waals surface area contributed by atoms with Crippen molar-refractivity contribution in [3.05, 3.63) is 64.9 Å². The Bertz CT molecular complexity index is 560. The minimum absolute atomic E-state index is 0.413. The van der Waals surface area contributed by atoms with E-state index in [1.54, 1.807) is 36.7 Å². The van der Waals surface area contributed by atoms with E-state index >= 15 is 0 Å². The molecule has 2 rings (SSSR count). The summed E-state index contributed by atoms with van der Waals surface area (Å²) in [5.74, 6) is -0.961. The first kappa shape index (κ1) is 13.5. The Morgan fingerprint density at radius 3 is 2.74 bits per heavy atom. The lowest BCUT2D eigenvalue weighted by atomic mass is 10.1. The van der Waals surface area contributed by atoms with E-state index in [9.17, 15) is 9.90 Å². The Hall–Kier alpha value is -1.91. The molecule has 1 aromatic carbocycles. The lowest BCUT2D eigenvalue weighted by molar-refractivity contribution is -0.139. The minimum atomic E-state index is -0.961. The smallest absolute Gasteiger partial charge is 0.325 e. The average molecular weight is 277 g/mol. The highest BCUT2D eigenvalue weighted by atomic mass is 35.5. The van der Waals surface area contributed by atoms with Crippen LogP contribution in [0.25, 0.3) is 0 Å². The van der Waals surface area contributed by atoms with Crippen LogP contribution >= 0.6 is 11.6 Å². The van der Waals surface area contributed by atoms with Gasteiger partial charge in [-0.25, -0.2) is 0 Å². The summed E-state index contributed by atoms with van der Waals surface area (Å²) in [5.41, 5.74) is 1.47. The molecular formula is C14H13ClN2O2. The maximum atomic E-state index is 11.3. The summed E-state index contributed by atoms with van der Waals surface area (Å²) < 4.78 is 0. The third-order valence-corrected chi connectivity index (χ3v) is 3.04. The van der Waals surface area contributed by atoms with Crippen molar-refractivity contribution in [1.82, 2.24) is 10.3 Å². The molecule has 0 fully saturated rings. The number of carbonyl (C=O) groups is 1. The number of halogens is 1. The second-order valence-electron chi connectivity index (χ2n) is 4.03. The summed E-state index contributed by atoms with van der Waals surface area (Å²) in [4.78, 5) is 15.3. The molecular weight excluding hydrogens is 264 g/mol. The van der Waals surface area contributed by atoms with Crippen LogP contribution < -0.4 is 5.32 Å². The molecule has 2 N–H and O–H groups in total. The molecule has 0 aliphatic heterocycles. The number of carboxylic acids is 1. The summed E-state index contributed by atoms with van der Waals surface area (Å²) in [7, 11) is 0. The fraction of sp³-hybridized carbons (Fsp3) is 0.143. The first-order valence-electron chi connectivity index (χ1n) is 5.78. The van der Waals surface area contributed by atoms with Gasteiger partial charge in [0.15, 0.2) is 0 Å². The van der Waals surface area contributed by atoms with Crippen molar-refractivity contribution in [3.8, 4) is 0 Å². The number of benzene rings is 1. The predicted molar refractivity (Wildman–Crippen MR) is 72.9 cm³/mol. The van der Waals surface area contributed by atoms with Gasteiger partial charge in [0.25, 0.3) is 0 Å². The van der Waals surface area contributed by atoms with Gasteiger partial charge in [0.1, 0.15) is 6.04 Å². The van der Waals surface area contributed by atoms with E-state index in [1.165, 1.54) is 0 Å². The number of hydrogen-bond donors (Lipinski definition) is 2. The Morgan fingerprint density at radius 1 is 1.32 bits per heavy atom. The van der Waals surface area contributed by atoms with Gasteiger partial charge in [-0.2, -0.15) is 0 Å². The van der Waals surface area contributed by atoms with E-state index in [-0.39, 0.29) is 0 Å². The zero-order chi connectivity index (χ0) is 13.7. The van der Waals surface area contributed by atoms with Gasteiger partial charge in [0, 0.05) is 24.0 Å². The minimum Gasteiger partial charge on any atom is -0.480 e. The number of rotatable bonds is 5. The van der Waals surface area contributed by atoms with Gasteiger partial charge < -0.3 is 5.11 Å². The molecule has 0 amide bonds. The highest BCUT2D eigenvalue weighted by molar-refractivity contribution is 6.31. The predicted octanol–water partition coefficient (Wildman–Crippen LogP) is 2.65. The van der Waals surface area contributed by atoms with Crippen molar-refractivity contribution in [1.29, 1.82) is 0 Å². The van der Waals surface area contributed by atoms with Crippen LogP contribution in [0.1, 0.15) is 17.2 Å². The van der Waals surface area contributed by atoms with E-state index in [1.807, 2.05) is 12.1 Å². The second kappa shape index (κ2) is 6.31. The van der Waals surface area contributed by atoms with Crippen molar-refractivity contribution in [2.45, 2.75) is 12.6 Å². The third kappa shape index (κ3) is 3.53. The quantitative estimate of drug-likeness (QED) is 0.881. The molecule has 1 unspecified atom stereocenters. The van der Waals surface area contributed by atoms with Crippen molar-refractivity contribution in [2.24, 2.45) is 0 Å². The molecule has 19 heavy (non-hydrogen) atoms. The Labute approximate surface area is 116 Å². The Kier molecular flexibility index (Phi) is 4.49. The van der Waals surface area contributed by atoms with Crippen LogP contribution in [0.2, 0.25) is 5.02 Å². The van der Waals surface area contributed by atoms with Gasteiger partial charge in [-0.1, -0.05) is 35.9 Å². The maximum absolute atomic E-state index is 11.3.